The number of halogens is 1. The third-order valence-electron chi connectivity index (χ3n) is 5.53. The smallest absolute Gasteiger partial charge is 0.295 e. The Hall–Kier alpha value is -2.67. The Morgan fingerprint density at radius 3 is 2.33 bits per heavy atom. The number of hydrogen-bond acceptors (Lipinski definition) is 5. The van der Waals surface area contributed by atoms with Gasteiger partial charge >= 0.3 is 0 Å². The van der Waals surface area contributed by atoms with E-state index in [-0.39, 0.29) is 11.3 Å². The number of likely N-dealkylation sites (tertiary alicyclic amines) is 1. The molecule has 0 aromatic heterocycles. The van der Waals surface area contributed by atoms with E-state index in [1.165, 1.54) is 0 Å². The number of aliphatic hydroxyl groups excluding tert-OH is 1. The molecule has 6 nitrogen and oxygen atoms in total. The molecule has 0 saturated carbocycles. The molecule has 2 aliphatic heterocycles. The van der Waals surface area contributed by atoms with Crippen molar-refractivity contribution < 1.29 is 19.4 Å². The zero-order chi connectivity index (χ0) is 21.1. The van der Waals surface area contributed by atoms with E-state index in [0.717, 1.165) is 18.7 Å². The zero-order valence-corrected chi connectivity index (χ0v) is 17.2. The molecule has 0 aliphatic carbocycles. The fourth-order valence-electron chi connectivity index (χ4n) is 3.93. The average Bonchev–Trinajstić information content (AvgIpc) is 3.04. The Morgan fingerprint density at radius 1 is 1.00 bits per heavy atom. The first-order valence-corrected chi connectivity index (χ1v) is 10.3. The number of carbonyl (C=O) groups is 2. The van der Waals surface area contributed by atoms with E-state index in [1.54, 1.807) is 29.2 Å². The molecule has 7 heteroatoms. The van der Waals surface area contributed by atoms with Gasteiger partial charge in [-0.25, -0.2) is 0 Å². The van der Waals surface area contributed by atoms with Crippen molar-refractivity contribution in [3.63, 3.8) is 0 Å². The molecule has 4 rings (SSSR count). The summed E-state index contributed by atoms with van der Waals surface area (Å²) < 4.78 is 5.38. The summed E-state index contributed by atoms with van der Waals surface area (Å²) in [5.74, 6) is -1.45. The van der Waals surface area contributed by atoms with Gasteiger partial charge in [-0.1, -0.05) is 41.9 Å². The summed E-state index contributed by atoms with van der Waals surface area (Å²) in [5, 5.41) is 11.5. The van der Waals surface area contributed by atoms with E-state index in [0.29, 0.717) is 36.9 Å². The first kappa shape index (κ1) is 20.6. The molecule has 2 saturated heterocycles. The van der Waals surface area contributed by atoms with Gasteiger partial charge in [0.1, 0.15) is 5.76 Å². The number of ketones is 1. The van der Waals surface area contributed by atoms with Crippen molar-refractivity contribution in [1.29, 1.82) is 0 Å². The van der Waals surface area contributed by atoms with Gasteiger partial charge in [0, 0.05) is 36.8 Å². The summed E-state index contributed by atoms with van der Waals surface area (Å²) in [4.78, 5) is 29.7. The minimum Gasteiger partial charge on any atom is -0.507 e. The van der Waals surface area contributed by atoms with Gasteiger partial charge in [0.2, 0.25) is 0 Å². The van der Waals surface area contributed by atoms with Gasteiger partial charge in [0.15, 0.2) is 0 Å². The molecule has 0 bridgehead atoms. The molecule has 0 spiro atoms. The highest BCUT2D eigenvalue weighted by atomic mass is 35.5. The lowest BCUT2D eigenvalue weighted by Gasteiger charge is -2.31. The fraction of sp³-hybridized carbons (Fsp3) is 0.304. The van der Waals surface area contributed by atoms with Crippen LogP contribution < -0.4 is 0 Å². The summed E-state index contributed by atoms with van der Waals surface area (Å²) in [6.45, 7) is 3.95. The maximum absolute atomic E-state index is 13.0. The Bertz CT molecular complexity index is 953. The Balaban J connectivity index is 1.71. The van der Waals surface area contributed by atoms with Crippen LogP contribution in [0.1, 0.15) is 17.2 Å². The Morgan fingerprint density at radius 2 is 1.67 bits per heavy atom. The van der Waals surface area contributed by atoms with Crippen LogP contribution in [0.25, 0.3) is 5.76 Å². The van der Waals surface area contributed by atoms with Crippen LogP contribution in [0.15, 0.2) is 60.2 Å². The molecule has 2 heterocycles. The quantitative estimate of drug-likeness (QED) is 0.452. The number of carbonyl (C=O) groups excluding carboxylic acids is 2. The minimum absolute atomic E-state index is 0.107. The molecule has 2 aliphatic rings. The SMILES string of the molecule is O=C1C(=O)N(CCN2CCOCC2)[C@@H](c2ccccc2)C1=C(O)c1ccc(Cl)cc1. The molecule has 1 amide bonds. The van der Waals surface area contributed by atoms with Crippen LogP contribution >= 0.6 is 11.6 Å². The van der Waals surface area contributed by atoms with Crippen LogP contribution in [-0.2, 0) is 14.3 Å². The van der Waals surface area contributed by atoms with E-state index in [1.807, 2.05) is 30.3 Å². The molecular weight excluding hydrogens is 404 g/mol. The van der Waals surface area contributed by atoms with Gasteiger partial charge in [0.05, 0.1) is 24.8 Å². The van der Waals surface area contributed by atoms with Gasteiger partial charge in [-0.15, -0.1) is 0 Å². The van der Waals surface area contributed by atoms with Gasteiger partial charge in [-0.05, 0) is 29.8 Å². The molecule has 0 unspecified atom stereocenters. The molecule has 30 heavy (non-hydrogen) atoms. The third-order valence-corrected chi connectivity index (χ3v) is 5.79. The highest BCUT2D eigenvalue weighted by Crippen LogP contribution is 2.39. The van der Waals surface area contributed by atoms with E-state index in [9.17, 15) is 14.7 Å². The van der Waals surface area contributed by atoms with Crippen LogP contribution in [-0.4, -0.2) is 66.0 Å². The minimum atomic E-state index is -0.668. The number of amides is 1. The number of ether oxygens (including phenoxy) is 1. The number of rotatable bonds is 5. The number of nitrogens with zero attached hydrogens (tertiary/aromatic N) is 2. The van der Waals surface area contributed by atoms with Crippen molar-refractivity contribution in [2.75, 3.05) is 39.4 Å². The average molecular weight is 427 g/mol. The van der Waals surface area contributed by atoms with Crippen molar-refractivity contribution in [1.82, 2.24) is 9.80 Å². The zero-order valence-electron chi connectivity index (χ0n) is 16.5. The molecule has 0 radical (unpaired) electrons. The summed E-state index contributed by atoms with van der Waals surface area (Å²) in [7, 11) is 0. The van der Waals surface area contributed by atoms with E-state index < -0.39 is 17.7 Å². The number of aliphatic hydroxyl groups is 1. The van der Waals surface area contributed by atoms with Crippen LogP contribution in [0.2, 0.25) is 5.02 Å². The Labute approximate surface area is 180 Å². The van der Waals surface area contributed by atoms with Gasteiger partial charge in [-0.2, -0.15) is 0 Å². The van der Waals surface area contributed by atoms with Crippen molar-refractivity contribution in [3.05, 3.63) is 76.3 Å². The topological polar surface area (TPSA) is 70.1 Å². The monoisotopic (exact) mass is 426 g/mol. The maximum Gasteiger partial charge on any atom is 0.295 e. The summed E-state index contributed by atoms with van der Waals surface area (Å²) >= 11 is 5.95. The highest BCUT2D eigenvalue weighted by Gasteiger charge is 2.45. The second-order valence-corrected chi connectivity index (χ2v) is 7.80. The molecule has 1 atom stereocenters. The van der Waals surface area contributed by atoms with E-state index in [2.05, 4.69) is 4.90 Å². The largest absolute Gasteiger partial charge is 0.507 e. The molecular formula is C23H23ClN2O4. The number of benzene rings is 2. The summed E-state index contributed by atoms with van der Waals surface area (Å²) in [6, 6.07) is 15.3. The highest BCUT2D eigenvalue weighted by molar-refractivity contribution is 6.46. The molecule has 1 N–H and O–H groups in total. The number of hydrogen-bond donors (Lipinski definition) is 1. The van der Waals surface area contributed by atoms with Crippen molar-refractivity contribution in [2.45, 2.75) is 6.04 Å². The van der Waals surface area contributed by atoms with Crippen LogP contribution in [0.5, 0.6) is 0 Å². The normalized spacial score (nSPS) is 21.9. The van der Waals surface area contributed by atoms with Gasteiger partial charge in [0.25, 0.3) is 11.7 Å². The van der Waals surface area contributed by atoms with Gasteiger partial charge in [-0.3, -0.25) is 14.5 Å². The van der Waals surface area contributed by atoms with Crippen LogP contribution in [0.3, 0.4) is 0 Å². The van der Waals surface area contributed by atoms with E-state index >= 15 is 0 Å². The standard InChI is InChI=1S/C23H23ClN2O4/c24-18-8-6-17(7-9-18)21(27)19-20(16-4-2-1-3-5-16)26(23(29)22(19)28)11-10-25-12-14-30-15-13-25/h1-9,20,27H,10-15H2/t20-/m0/s1. The van der Waals surface area contributed by atoms with E-state index in [4.69, 9.17) is 16.3 Å². The molecule has 156 valence electrons. The Kier molecular flexibility index (Phi) is 6.18. The van der Waals surface area contributed by atoms with Crippen molar-refractivity contribution >= 4 is 29.1 Å². The third kappa shape index (κ3) is 4.12. The summed E-state index contributed by atoms with van der Waals surface area (Å²) in [5.41, 5.74) is 1.34. The second-order valence-electron chi connectivity index (χ2n) is 7.36. The number of morpholine rings is 1. The molecule has 2 aromatic carbocycles. The lowest BCUT2D eigenvalue weighted by Crippen LogP contribution is -2.42. The van der Waals surface area contributed by atoms with Crippen molar-refractivity contribution in [2.24, 2.45) is 0 Å². The molecule has 2 aromatic rings. The van der Waals surface area contributed by atoms with Crippen LogP contribution in [0.4, 0.5) is 0 Å². The second kappa shape index (κ2) is 9.00. The summed E-state index contributed by atoms with van der Waals surface area (Å²) in [6.07, 6.45) is 0. The maximum atomic E-state index is 13.0. The lowest BCUT2D eigenvalue weighted by atomic mass is 9.95. The first-order chi connectivity index (χ1) is 14.6. The predicted molar refractivity (Wildman–Crippen MR) is 114 cm³/mol. The lowest BCUT2D eigenvalue weighted by molar-refractivity contribution is -0.140. The fourth-order valence-corrected chi connectivity index (χ4v) is 4.06. The molecule has 2 fully saturated rings. The predicted octanol–water partition coefficient (Wildman–Crippen LogP) is 3.09. The van der Waals surface area contributed by atoms with Crippen LogP contribution in [0, 0.1) is 0 Å². The number of Topliss-reactive ketones (excluding diaryl/α,β-unsaturated/α-hetero) is 1. The van der Waals surface area contributed by atoms with Crippen molar-refractivity contribution in [3.8, 4) is 0 Å². The first-order valence-electron chi connectivity index (χ1n) is 9.95. The van der Waals surface area contributed by atoms with Gasteiger partial charge < -0.3 is 14.7 Å².